The van der Waals surface area contributed by atoms with Crippen molar-refractivity contribution in [2.45, 2.75) is 12.6 Å². The molecule has 27 heavy (non-hydrogen) atoms. The fourth-order valence-electron chi connectivity index (χ4n) is 2.47. The maximum Gasteiger partial charge on any atom is 0.319 e. The highest BCUT2D eigenvalue weighted by atomic mass is 32.1. The predicted molar refractivity (Wildman–Crippen MR) is 108 cm³/mol. The van der Waals surface area contributed by atoms with Gasteiger partial charge in [0.1, 0.15) is 17.6 Å². The maximum atomic E-state index is 12.2. The van der Waals surface area contributed by atoms with E-state index in [1.54, 1.807) is 36.6 Å². The van der Waals surface area contributed by atoms with Gasteiger partial charge in [0.05, 0.1) is 26.5 Å². The zero-order chi connectivity index (χ0) is 19.2. The average molecular weight is 405 g/mol. The molecule has 3 N–H and O–H groups in total. The molecule has 0 aliphatic rings. The van der Waals surface area contributed by atoms with E-state index in [1.165, 1.54) is 18.4 Å². The Labute approximate surface area is 165 Å². The minimum Gasteiger partial charge on any atom is -0.497 e. The SMILES string of the molecule is COc1ccc(NC(=O)NCc2ccc(C(O)c3ccsc3)s2)c(OC)c1. The molecule has 0 bridgehead atoms. The molecule has 0 radical (unpaired) electrons. The van der Waals surface area contributed by atoms with Crippen LogP contribution in [-0.2, 0) is 6.54 Å². The van der Waals surface area contributed by atoms with E-state index in [-0.39, 0.29) is 6.03 Å². The van der Waals surface area contributed by atoms with Crippen LogP contribution in [-0.4, -0.2) is 25.4 Å². The number of thiophene rings is 2. The Morgan fingerprint density at radius 2 is 2.04 bits per heavy atom. The highest BCUT2D eigenvalue weighted by Gasteiger charge is 2.14. The highest BCUT2D eigenvalue weighted by molar-refractivity contribution is 7.12. The van der Waals surface area contributed by atoms with E-state index in [0.29, 0.717) is 23.7 Å². The van der Waals surface area contributed by atoms with Crippen LogP contribution in [0.5, 0.6) is 11.5 Å². The van der Waals surface area contributed by atoms with Crippen LogP contribution in [0.1, 0.15) is 21.4 Å². The number of urea groups is 1. The molecule has 1 unspecified atom stereocenters. The average Bonchev–Trinajstić information content (AvgIpc) is 3.38. The smallest absolute Gasteiger partial charge is 0.319 e. The van der Waals surface area contributed by atoms with Crippen LogP contribution < -0.4 is 20.1 Å². The first kappa shape index (κ1) is 19.2. The lowest BCUT2D eigenvalue weighted by Crippen LogP contribution is -2.28. The molecular formula is C19H20N2O4S2. The number of carbonyl (C=O) groups excluding carboxylic acids is 1. The number of hydrogen-bond donors (Lipinski definition) is 3. The number of aliphatic hydroxyl groups is 1. The van der Waals surface area contributed by atoms with Crippen molar-refractivity contribution in [1.82, 2.24) is 5.32 Å². The lowest BCUT2D eigenvalue weighted by Gasteiger charge is -2.12. The number of methoxy groups -OCH3 is 2. The van der Waals surface area contributed by atoms with Crippen molar-refractivity contribution in [3.05, 3.63) is 62.5 Å². The Balaban J connectivity index is 1.57. The molecular weight excluding hydrogens is 384 g/mol. The van der Waals surface area contributed by atoms with Gasteiger partial charge in [-0.2, -0.15) is 11.3 Å². The van der Waals surface area contributed by atoms with Crippen molar-refractivity contribution in [1.29, 1.82) is 0 Å². The third-order valence-corrected chi connectivity index (χ3v) is 5.73. The molecule has 0 saturated carbocycles. The highest BCUT2D eigenvalue weighted by Crippen LogP contribution is 2.30. The van der Waals surface area contributed by atoms with E-state index >= 15 is 0 Å². The van der Waals surface area contributed by atoms with E-state index < -0.39 is 6.10 Å². The van der Waals surface area contributed by atoms with Gasteiger partial charge < -0.3 is 25.2 Å². The summed E-state index contributed by atoms with van der Waals surface area (Å²) in [5.41, 5.74) is 1.43. The van der Waals surface area contributed by atoms with Crippen LogP contribution in [0.2, 0.25) is 0 Å². The Morgan fingerprint density at radius 1 is 1.19 bits per heavy atom. The number of anilines is 1. The first-order valence-corrected chi connectivity index (χ1v) is 9.92. The molecule has 1 aromatic carbocycles. The van der Waals surface area contributed by atoms with Gasteiger partial charge in [0.2, 0.25) is 0 Å². The van der Waals surface area contributed by atoms with Gasteiger partial charge in [-0.25, -0.2) is 4.79 Å². The molecule has 1 atom stereocenters. The van der Waals surface area contributed by atoms with Gasteiger partial charge in [-0.15, -0.1) is 11.3 Å². The molecule has 6 nitrogen and oxygen atoms in total. The molecule has 3 aromatic rings. The van der Waals surface area contributed by atoms with E-state index in [0.717, 1.165) is 15.3 Å². The molecule has 8 heteroatoms. The number of benzene rings is 1. The summed E-state index contributed by atoms with van der Waals surface area (Å²) in [5.74, 6) is 1.16. The Hall–Kier alpha value is -2.55. The summed E-state index contributed by atoms with van der Waals surface area (Å²) >= 11 is 3.02. The summed E-state index contributed by atoms with van der Waals surface area (Å²) in [4.78, 5) is 14.0. The second-order valence-corrected chi connectivity index (χ2v) is 7.62. The van der Waals surface area contributed by atoms with E-state index in [9.17, 15) is 9.90 Å². The van der Waals surface area contributed by atoms with Gasteiger partial charge in [-0.05, 0) is 46.7 Å². The van der Waals surface area contributed by atoms with Gasteiger partial charge in [0.15, 0.2) is 0 Å². The van der Waals surface area contributed by atoms with Crippen LogP contribution in [0.4, 0.5) is 10.5 Å². The van der Waals surface area contributed by atoms with Gasteiger partial charge in [-0.3, -0.25) is 0 Å². The van der Waals surface area contributed by atoms with Gasteiger partial charge in [0, 0.05) is 15.8 Å². The normalized spacial score (nSPS) is 11.7. The summed E-state index contributed by atoms with van der Waals surface area (Å²) in [6, 6.07) is 10.5. The zero-order valence-corrected chi connectivity index (χ0v) is 16.5. The second-order valence-electron chi connectivity index (χ2n) is 5.64. The number of hydrogen-bond acceptors (Lipinski definition) is 6. The molecule has 3 rings (SSSR count). The van der Waals surface area contributed by atoms with Gasteiger partial charge in [0.25, 0.3) is 0 Å². The number of carbonyl (C=O) groups is 1. The first-order chi connectivity index (χ1) is 13.1. The van der Waals surface area contributed by atoms with Crippen molar-refractivity contribution in [2.24, 2.45) is 0 Å². The second kappa shape index (κ2) is 8.90. The molecule has 0 fully saturated rings. The fourth-order valence-corrected chi connectivity index (χ4v) is 4.11. The molecule has 0 aliphatic carbocycles. The number of rotatable bonds is 7. The Morgan fingerprint density at radius 3 is 2.74 bits per heavy atom. The quantitative estimate of drug-likeness (QED) is 0.551. The third kappa shape index (κ3) is 4.79. The maximum absolute atomic E-state index is 12.2. The molecule has 0 spiro atoms. The molecule has 0 saturated heterocycles. The van der Waals surface area contributed by atoms with E-state index in [1.807, 2.05) is 29.0 Å². The summed E-state index contributed by atoms with van der Waals surface area (Å²) in [7, 11) is 3.10. The standard InChI is InChI=1S/C19H20N2O4S2/c1-24-13-3-5-15(16(9-13)25-2)21-19(23)20-10-14-4-6-17(27-14)18(22)12-7-8-26-11-12/h3-9,11,18,22H,10H2,1-2H3,(H2,20,21,23). The van der Waals surface area contributed by atoms with E-state index in [4.69, 9.17) is 9.47 Å². The van der Waals surface area contributed by atoms with E-state index in [2.05, 4.69) is 10.6 Å². The van der Waals surface area contributed by atoms with Crippen molar-refractivity contribution in [2.75, 3.05) is 19.5 Å². The van der Waals surface area contributed by atoms with Crippen LogP contribution in [0.3, 0.4) is 0 Å². The van der Waals surface area contributed by atoms with Crippen molar-refractivity contribution >= 4 is 34.4 Å². The summed E-state index contributed by atoms with van der Waals surface area (Å²) in [6.45, 7) is 0.366. The first-order valence-electron chi connectivity index (χ1n) is 8.16. The number of nitrogens with one attached hydrogen (secondary N) is 2. The third-order valence-electron chi connectivity index (χ3n) is 3.89. The lowest BCUT2D eigenvalue weighted by atomic mass is 10.2. The van der Waals surface area contributed by atoms with Crippen LogP contribution >= 0.6 is 22.7 Å². The largest absolute Gasteiger partial charge is 0.497 e. The summed E-state index contributed by atoms with van der Waals surface area (Å²) in [5, 5.41) is 19.8. The minimum absolute atomic E-state index is 0.341. The fraction of sp³-hybridized carbons (Fsp3) is 0.211. The summed E-state index contributed by atoms with van der Waals surface area (Å²) < 4.78 is 10.4. The van der Waals surface area contributed by atoms with Gasteiger partial charge in [-0.1, -0.05) is 0 Å². The van der Waals surface area contributed by atoms with Crippen molar-refractivity contribution < 1.29 is 19.4 Å². The Kier molecular flexibility index (Phi) is 6.33. The molecule has 2 heterocycles. The summed E-state index contributed by atoms with van der Waals surface area (Å²) in [6.07, 6.45) is -0.632. The predicted octanol–water partition coefficient (Wildman–Crippen LogP) is 4.23. The number of aliphatic hydroxyl groups excluding tert-OH is 1. The zero-order valence-electron chi connectivity index (χ0n) is 14.9. The monoisotopic (exact) mass is 404 g/mol. The van der Waals surface area contributed by atoms with Gasteiger partial charge >= 0.3 is 6.03 Å². The topological polar surface area (TPSA) is 79.8 Å². The molecule has 0 aliphatic heterocycles. The molecule has 2 amide bonds. The Bertz CT molecular complexity index is 893. The van der Waals surface area contributed by atoms with Crippen molar-refractivity contribution in [3.8, 4) is 11.5 Å². The molecule has 142 valence electrons. The van der Waals surface area contributed by atoms with Crippen molar-refractivity contribution in [3.63, 3.8) is 0 Å². The minimum atomic E-state index is -0.632. The van der Waals surface area contributed by atoms with Crippen LogP contribution in [0.25, 0.3) is 0 Å². The molecule has 2 aromatic heterocycles. The lowest BCUT2D eigenvalue weighted by molar-refractivity contribution is 0.224. The van der Waals surface area contributed by atoms with Crippen LogP contribution in [0, 0.1) is 0 Å². The number of amides is 2. The van der Waals surface area contributed by atoms with Crippen LogP contribution in [0.15, 0.2) is 47.2 Å². The number of ether oxygens (including phenoxy) is 2.